The molecular formula is C14H24N2. The van der Waals surface area contributed by atoms with E-state index in [1.807, 2.05) is 0 Å². The van der Waals surface area contributed by atoms with Crippen LogP contribution >= 0.6 is 0 Å². The Morgan fingerprint density at radius 2 is 1.69 bits per heavy atom. The van der Waals surface area contributed by atoms with Crippen molar-refractivity contribution in [2.24, 2.45) is 5.73 Å². The summed E-state index contributed by atoms with van der Waals surface area (Å²) in [7, 11) is 4.17. The van der Waals surface area contributed by atoms with Crippen molar-refractivity contribution >= 4 is 0 Å². The zero-order valence-electron chi connectivity index (χ0n) is 10.7. The smallest absolute Gasteiger partial charge is 0.00914 e. The van der Waals surface area contributed by atoms with Gasteiger partial charge in [0.25, 0.3) is 0 Å². The Balaban J connectivity index is 2.40. The molecular weight excluding hydrogens is 196 g/mol. The fourth-order valence-corrected chi connectivity index (χ4v) is 1.74. The van der Waals surface area contributed by atoms with E-state index in [1.165, 1.54) is 11.1 Å². The molecule has 0 aliphatic rings. The van der Waals surface area contributed by atoms with E-state index in [1.54, 1.807) is 0 Å². The number of nitrogens with two attached hydrogens (primary N) is 1. The summed E-state index contributed by atoms with van der Waals surface area (Å²) in [6, 6.07) is 9.08. The predicted octanol–water partition coefficient (Wildman–Crippen LogP) is 2.07. The third kappa shape index (κ3) is 4.77. The Morgan fingerprint density at radius 3 is 2.19 bits per heavy atom. The zero-order valence-corrected chi connectivity index (χ0v) is 10.7. The first kappa shape index (κ1) is 13.2. The molecule has 90 valence electrons. The molecule has 0 spiro atoms. The Morgan fingerprint density at radius 1 is 1.12 bits per heavy atom. The highest BCUT2D eigenvalue weighted by Gasteiger charge is 2.04. The molecule has 1 atom stereocenters. The molecule has 0 saturated carbocycles. The van der Waals surface area contributed by atoms with E-state index in [0.717, 1.165) is 25.8 Å². The maximum Gasteiger partial charge on any atom is 0.00914 e. The van der Waals surface area contributed by atoms with E-state index in [2.05, 4.69) is 50.2 Å². The second kappa shape index (κ2) is 6.66. The highest BCUT2D eigenvalue weighted by molar-refractivity contribution is 5.23. The molecule has 16 heavy (non-hydrogen) atoms. The van der Waals surface area contributed by atoms with Gasteiger partial charge in [-0.3, -0.25) is 0 Å². The molecule has 0 heterocycles. The van der Waals surface area contributed by atoms with Gasteiger partial charge >= 0.3 is 0 Å². The predicted molar refractivity (Wildman–Crippen MR) is 70.7 cm³/mol. The van der Waals surface area contributed by atoms with Crippen molar-refractivity contribution in [2.75, 3.05) is 20.6 Å². The Labute approximate surface area is 99.5 Å². The Hall–Kier alpha value is -0.860. The van der Waals surface area contributed by atoms with Crippen molar-refractivity contribution in [1.82, 2.24) is 4.90 Å². The van der Waals surface area contributed by atoms with Crippen molar-refractivity contribution in [1.29, 1.82) is 0 Å². The molecule has 0 aliphatic carbocycles. The van der Waals surface area contributed by atoms with Crippen LogP contribution in [-0.4, -0.2) is 31.6 Å². The van der Waals surface area contributed by atoms with Gasteiger partial charge in [0.05, 0.1) is 0 Å². The summed E-state index contributed by atoms with van der Waals surface area (Å²) in [6.07, 6.45) is 3.15. The fraction of sp³-hybridized carbons (Fsp3) is 0.571. The lowest BCUT2D eigenvalue weighted by molar-refractivity contribution is 0.379. The number of aryl methyl sites for hydroxylation is 1. The third-order valence-electron chi connectivity index (χ3n) is 2.88. The number of rotatable bonds is 6. The van der Waals surface area contributed by atoms with Crippen LogP contribution in [0.1, 0.15) is 24.5 Å². The highest BCUT2D eigenvalue weighted by Crippen LogP contribution is 2.08. The molecule has 0 aromatic heterocycles. The third-order valence-corrected chi connectivity index (χ3v) is 2.88. The minimum Gasteiger partial charge on any atom is -0.327 e. The van der Waals surface area contributed by atoms with E-state index in [9.17, 15) is 0 Å². The van der Waals surface area contributed by atoms with E-state index in [0.29, 0.717) is 0 Å². The Kier molecular flexibility index (Phi) is 5.50. The minimum atomic E-state index is 0.273. The van der Waals surface area contributed by atoms with Gasteiger partial charge in [-0.1, -0.05) is 31.2 Å². The van der Waals surface area contributed by atoms with Crippen LogP contribution in [-0.2, 0) is 12.8 Å². The molecule has 0 radical (unpaired) electrons. The minimum absolute atomic E-state index is 0.273. The van der Waals surface area contributed by atoms with E-state index < -0.39 is 0 Å². The van der Waals surface area contributed by atoms with E-state index in [-0.39, 0.29) is 6.04 Å². The van der Waals surface area contributed by atoms with Crippen molar-refractivity contribution in [2.45, 2.75) is 32.2 Å². The van der Waals surface area contributed by atoms with Gasteiger partial charge in [-0.25, -0.2) is 0 Å². The first-order valence-electron chi connectivity index (χ1n) is 6.10. The molecule has 0 saturated heterocycles. The molecule has 2 N–H and O–H groups in total. The molecule has 2 heteroatoms. The topological polar surface area (TPSA) is 29.3 Å². The van der Waals surface area contributed by atoms with Crippen LogP contribution in [0.5, 0.6) is 0 Å². The summed E-state index contributed by atoms with van der Waals surface area (Å²) in [5.74, 6) is 0. The maximum absolute atomic E-state index is 6.10. The van der Waals surface area contributed by atoms with Gasteiger partial charge in [0.15, 0.2) is 0 Å². The second-order valence-corrected chi connectivity index (χ2v) is 4.73. The van der Waals surface area contributed by atoms with E-state index in [4.69, 9.17) is 5.73 Å². The zero-order chi connectivity index (χ0) is 12.0. The van der Waals surface area contributed by atoms with Crippen LogP contribution in [0.4, 0.5) is 0 Å². The first-order valence-corrected chi connectivity index (χ1v) is 6.10. The number of hydrogen-bond donors (Lipinski definition) is 1. The highest BCUT2D eigenvalue weighted by atomic mass is 15.0. The molecule has 1 aromatic carbocycles. The molecule has 1 rings (SSSR count). The van der Waals surface area contributed by atoms with Crippen LogP contribution in [0, 0.1) is 0 Å². The van der Waals surface area contributed by atoms with Crippen LogP contribution in [0.2, 0.25) is 0 Å². The molecule has 0 amide bonds. The average Bonchev–Trinajstić information content (AvgIpc) is 2.27. The van der Waals surface area contributed by atoms with Crippen molar-refractivity contribution < 1.29 is 0 Å². The summed E-state index contributed by atoms with van der Waals surface area (Å²) in [6.45, 7) is 3.24. The molecule has 1 unspecified atom stereocenters. The molecule has 2 nitrogen and oxygen atoms in total. The van der Waals surface area contributed by atoms with Crippen LogP contribution < -0.4 is 5.73 Å². The van der Waals surface area contributed by atoms with Gasteiger partial charge in [0.1, 0.15) is 0 Å². The molecule has 0 aliphatic heterocycles. The maximum atomic E-state index is 6.10. The lowest BCUT2D eigenvalue weighted by atomic mass is 10.0. The lowest BCUT2D eigenvalue weighted by Crippen LogP contribution is -2.28. The van der Waals surface area contributed by atoms with Crippen molar-refractivity contribution in [3.05, 3.63) is 35.4 Å². The SMILES string of the molecule is CCc1ccc(CC(N)CCN(C)C)cc1. The van der Waals surface area contributed by atoms with Gasteiger partial charge in [0.2, 0.25) is 0 Å². The number of hydrogen-bond acceptors (Lipinski definition) is 2. The standard InChI is InChI=1S/C14H24N2/c1-4-12-5-7-13(8-6-12)11-14(15)9-10-16(2)3/h5-8,14H,4,9-11,15H2,1-3H3. The monoisotopic (exact) mass is 220 g/mol. The van der Waals surface area contributed by atoms with Crippen molar-refractivity contribution in [3.8, 4) is 0 Å². The summed E-state index contributed by atoms with van der Waals surface area (Å²) >= 11 is 0. The fourth-order valence-electron chi connectivity index (χ4n) is 1.74. The first-order chi connectivity index (χ1) is 7.61. The Bertz CT molecular complexity index is 290. The van der Waals surface area contributed by atoms with Gasteiger partial charge in [-0.05, 0) is 51.0 Å². The van der Waals surface area contributed by atoms with Gasteiger partial charge in [-0.2, -0.15) is 0 Å². The van der Waals surface area contributed by atoms with Gasteiger partial charge in [-0.15, -0.1) is 0 Å². The van der Waals surface area contributed by atoms with Gasteiger partial charge < -0.3 is 10.6 Å². The van der Waals surface area contributed by atoms with Crippen LogP contribution in [0.25, 0.3) is 0 Å². The van der Waals surface area contributed by atoms with Crippen molar-refractivity contribution in [3.63, 3.8) is 0 Å². The van der Waals surface area contributed by atoms with Gasteiger partial charge in [0, 0.05) is 6.04 Å². The molecule has 0 bridgehead atoms. The quantitative estimate of drug-likeness (QED) is 0.795. The summed E-state index contributed by atoms with van der Waals surface area (Å²) in [5.41, 5.74) is 8.84. The summed E-state index contributed by atoms with van der Waals surface area (Å²) in [5, 5.41) is 0. The number of nitrogens with zero attached hydrogens (tertiary/aromatic N) is 1. The van der Waals surface area contributed by atoms with Crippen LogP contribution in [0.15, 0.2) is 24.3 Å². The molecule has 1 aromatic rings. The largest absolute Gasteiger partial charge is 0.327 e. The molecule has 0 fully saturated rings. The van der Waals surface area contributed by atoms with E-state index >= 15 is 0 Å². The summed E-state index contributed by atoms with van der Waals surface area (Å²) < 4.78 is 0. The normalized spacial score (nSPS) is 13.1. The lowest BCUT2D eigenvalue weighted by Gasteiger charge is -2.15. The summed E-state index contributed by atoms with van der Waals surface area (Å²) in [4.78, 5) is 2.18. The number of benzene rings is 1. The van der Waals surface area contributed by atoms with Crippen LogP contribution in [0.3, 0.4) is 0 Å². The second-order valence-electron chi connectivity index (χ2n) is 4.73. The average molecular weight is 220 g/mol.